The molecule has 2 rings (SSSR count). The van der Waals surface area contributed by atoms with Crippen LogP contribution in [0.25, 0.3) is 0 Å². The van der Waals surface area contributed by atoms with Gasteiger partial charge >= 0.3 is 0 Å². The zero-order chi connectivity index (χ0) is 7.03. The lowest BCUT2D eigenvalue weighted by molar-refractivity contribution is 0.0286. The largest absolute Gasteiger partial charge is 0.380 e. The molecule has 1 unspecified atom stereocenters. The van der Waals surface area contributed by atoms with E-state index in [9.17, 15) is 0 Å². The third-order valence-corrected chi connectivity index (χ3v) is 2.69. The van der Waals surface area contributed by atoms with Gasteiger partial charge in [0.2, 0.25) is 0 Å². The van der Waals surface area contributed by atoms with Gasteiger partial charge < -0.3 is 10.5 Å². The average molecular weight is 178 g/mol. The van der Waals surface area contributed by atoms with Crippen molar-refractivity contribution in [2.24, 2.45) is 11.7 Å². The van der Waals surface area contributed by atoms with Crippen molar-refractivity contribution < 1.29 is 4.74 Å². The second-order valence-corrected chi connectivity index (χ2v) is 3.66. The van der Waals surface area contributed by atoms with Crippen molar-refractivity contribution in [1.82, 2.24) is 0 Å². The molecule has 66 valence electrons. The summed E-state index contributed by atoms with van der Waals surface area (Å²) in [6.07, 6.45) is 5.00. The minimum absolute atomic E-state index is 0. The quantitative estimate of drug-likeness (QED) is 0.656. The highest BCUT2D eigenvalue weighted by molar-refractivity contribution is 5.85. The van der Waals surface area contributed by atoms with Crippen LogP contribution >= 0.6 is 12.4 Å². The van der Waals surface area contributed by atoms with E-state index in [1.807, 2.05) is 0 Å². The zero-order valence-corrected chi connectivity index (χ0v) is 7.53. The lowest BCUT2D eigenvalue weighted by Gasteiger charge is -2.33. The number of ether oxygens (including phenoxy) is 1. The van der Waals surface area contributed by atoms with Gasteiger partial charge in [0.1, 0.15) is 0 Å². The first-order valence-electron chi connectivity index (χ1n) is 4.18. The molecule has 0 aromatic carbocycles. The Balaban J connectivity index is 0.000000605. The summed E-state index contributed by atoms with van der Waals surface area (Å²) in [5.74, 6) is 0.785. The Morgan fingerprint density at radius 2 is 2.09 bits per heavy atom. The molecule has 3 heteroatoms. The first-order chi connectivity index (χ1) is 4.81. The minimum Gasteiger partial charge on any atom is -0.380 e. The molecule has 1 saturated heterocycles. The van der Waals surface area contributed by atoms with Crippen molar-refractivity contribution in [2.45, 2.75) is 31.2 Å². The van der Waals surface area contributed by atoms with Gasteiger partial charge in [-0.2, -0.15) is 0 Å². The summed E-state index contributed by atoms with van der Waals surface area (Å²) in [6, 6.07) is 0. The average Bonchev–Trinajstić information content (AvgIpc) is 2.69. The van der Waals surface area contributed by atoms with Gasteiger partial charge in [-0.25, -0.2) is 0 Å². The van der Waals surface area contributed by atoms with E-state index < -0.39 is 0 Å². The predicted molar refractivity (Wildman–Crippen MR) is 46.9 cm³/mol. The van der Waals surface area contributed by atoms with Crippen LogP contribution in [0.5, 0.6) is 0 Å². The van der Waals surface area contributed by atoms with Gasteiger partial charge in [0.25, 0.3) is 0 Å². The van der Waals surface area contributed by atoms with E-state index in [0.717, 1.165) is 25.6 Å². The smallest absolute Gasteiger partial charge is 0.0648 e. The van der Waals surface area contributed by atoms with E-state index >= 15 is 0 Å². The highest BCUT2D eigenvalue weighted by Gasteiger charge is 2.43. The van der Waals surface area contributed by atoms with Crippen LogP contribution < -0.4 is 5.73 Å². The number of hydrogen-bond acceptors (Lipinski definition) is 2. The molecule has 0 bridgehead atoms. The molecule has 11 heavy (non-hydrogen) atoms. The number of nitrogens with two attached hydrogens (primary N) is 1. The van der Waals surface area contributed by atoms with Crippen LogP contribution in [0.15, 0.2) is 0 Å². The van der Waals surface area contributed by atoms with Gasteiger partial charge in [0.15, 0.2) is 0 Å². The normalized spacial score (nSPS) is 37.9. The molecule has 2 aliphatic rings. The molecular weight excluding hydrogens is 162 g/mol. The summed E-state index contributed by atoms with van der Waals surface area (Å²) in [5.41, 5.74) is 6.21. The maximum atomic E-state index is 6.14. The Hall–Kier alpha value is 0.210. The topological polar surface area (TPSA) is 35.2 Å². The number of halogens is 1. The van der Waals surface area contributed by atoms with Crippen LogP contribution in [0.2, 0.25) is 0 Å². The fourth-order valence-electron chi connectivity index (χ4n) is 1.82. The molecule has 2 nitrogen and oxygen atoms in total. The Kier molecular flexibility index (Phi) is 2.79. The monoisotopic (exact) mass is 177 g/mol. The zero-order valence-electron chi connectivity index (χ0n) is 6.71. The molecule has 0 aromatic rings. The van der Waals surface area contributed by atoms with Gasteiger partial charge in [-0.05, 0) is 31.6 Å². The summed E-state index contributed by atoms with van der Waals surface area (Å²) in [7, 11) is 0. The van der Waals surface area contributed by atoms with Crippen molar-refractivity contribution in [3.8, 4) is 0 Å². The fraction of sp³-hybridized carbons (Fsp3) is 1.00. The third kappa shape index (κ3) is 1.86. The van der Waals surface area contributed by atoms with Gasteiger partial charge in [-0.3, -0.25) is 0 Å². The van der Waals surface area contributed by atoms with Crippen molar-refractivity contribution >= 4 is 12.4 Å². The summed E-state index contributed by atoms with van der Waals surface area (Å²) < 4.78 is 5.36. The highest BCUT2D eigenvalue weighted by atomic mass is 35.5. The summed E-state index contributed by atoms with van der Waals surface area (Å²) in [5, 5.41) is 0. The SMILES string of the molecule is Cl.NC1(C2CC2)CCCOC1. The first kappa shape index (κ1) is 9.30. The van der Waals surface area contributed by atoms with Crippen LogP contribution in [0, 0.1) is 5.92 Å². The molecule has 2 N–H and O–H groups in total. The predicted octanol–water partition coefficient (Wildman–Crippen LogP) is 1.33. The molecule has 1 atom stereocenters. The Morgan fingerprint density at radius 1 is 1.36 bits per heavy atom. The molecular formula is C8H16ClNO. The van der Waals surface area contributed by atoms with Gasteiger partial charge in [0.05, 0.1) is 6.61 Å². The van der Waals surface area contributed by atoms with Crippen LogP contribution in [0.1, 0.15) is 25.7 Å². The molecule has 2 fully saturated rings. The number of hydrogen-bond donors (Lipinski definition) is 1. The maximum absolute atomic E-state index is 6.14. The van der Waals surface area contributed by atoms with E-state index in [1.165, 1.54) is 19.3 Å². The Bertz CT molecular complexity index is 130. The Morgan fingerprint density at radius 3 is 2.55 bits per heavy atom. The third-order valence-electron chi connectivity index (χ3n) is 2.69. The van der Waals surface area contributed by atoms with Crippen LogP contribution in [-0.4, -0.2) is 18.8 Å². The van der Waals surface area contributed by atoms with Crippen LogP contribution in [0.4, 0.5) is 0 Å². The molecule has 1 aliphatic heterocycles. The molecule has 0 aromatic heterocycles. The van der Waals surface area contributed by atoms with Crippen molar-refractivity contribution in [1.29, 1.82) is 0 Å². The van der Waals surface area contributed by atoms with Gasteiger partial charge in [0, 0.05) is 12.1 Å². The van der Waals surface area contributed by atoms with E-state index in [4.69, 9.17) is 10.5 Å². The summed E-state index contributed by atoms with van der Waals surface area (Å²) in [6.45, 7) is 1.73. The van der Waals surface area contributed by atoms with E-state index in [-0.39, 0.29) is 17.9 Å². The van der Waals surface area contributed by atoms with Crippen LogP contribution in [-0.2, 0) is 4.74 Å². The highest BCUT2D eigenvalue weighted by Crippen LogP contribution is 2.41. The molecule has 0 spiro atoms. The van der Waals surface area contributed by atoms with Crippen molar-refractivity contribution in [3.63, 3.8) is 0 Å². The molecule has 1 aliphatic carbocycles. The van der Waals surface area contributed by atoms with Gasteiger partial charge in [-0.1, -0.05) is 0 Å². The van der Waals surface area contributed by atoms with E-state index in [2.05, 4.69) is 0 Å². The summed E-state index contributed by atoms with van der Waals surface area (Å²) >= 11 is 0. The standard InChI is InChI=1S/C8H15NO.ClH/c9-8(7-2-3-7)4-1-5-10-6-8;/h7H,1-6,9H2;1H. The molecule has 1 saturated carbocycles. The first-order valence-corrected chi connectivity index (χ1v) is 4.18. The minimum atomic E-state index is 0. The van der Waals surface area contributed by atoms with Gasteiger partial charge in [-0.15, -0.1) is 12.4 Å². The van der Waals surface area contributed by atoms with Crippen LogP contribution in [0.3, 0.4) is 0 Å². The Labute approximate surface area is 73.9 Å². The molecule has 0 amide bonds. The fourth-order valence-corrected chi connectivity index (χ4v) is 1.82. The second-order valence-electron chi connectivity index (χ2n) is 3.66. The lowest BCUT2D eigenvalue weighted by Crippen LogP contribution is -2.49. The summed E-state index contributed by atoms with van der Waals surface area (Å²) in [4.78, 5) is 0. The second kappa shape index (κ2) is 3.30. The van der Waals surface area contributed by atoms with Crippen molar-refractivity contribution in [2.75, 3.05) is 13.2 Å². The van der Waals surface area contributed by atoms with E-state index in [1.54, 1.807) is 0 Å². The molecule has 0 radical (unpaired) electrons. The number of rotatable bonds is 1. The lowest BCUT2D eigenvalue weighted by atomic mass is 9.88. The van der Waals surface area contributed by atoms with E-state index in [0.29, 0.717) is 0 Å². The van der Waals surface area contributed by atoms with Crippen molar-refractivity contribution in [3.05, 3.63) is 0 Å². The molecule has 1 heterocycles. The maximum Gasteiger partial charge on any atom is 0.0648 e.